The predicted molar refractivity (Wildman–Crippen MR) is 73.9 cm³/mol. The molecule has 0 bridgehead atoms. The van der Waals surface area contributed by atoms with Gasteiger partial charge in [0.05, 0.1) is 13.7 Å². The van der Waals surface area contributed by atoms with Crippen molar-refractivity contribution in [2.24, 2.45) is 0 Å². The smallest absolute Gasteiger partial charge is 0.339 e. The number of rotatable bonds is 6. The molecule has 0 spiro atoms. The van der Waals surface area contributed by atoms with E-state index < -0.39 is 5.97 Å². The zero-order chi connectivity index (χ0) is 15.2. The Hall–Kier alpha value is -2.83. The second-order valence-electron chi connectivity index (χ2n) is 4.09. The molecule has 2 rings (SSSR count). The standard InChI is InChI=1S/C14H14N2O5/c1-20-12-6-7-13(17)16(15-12)8-9-21-11-5-3-2-4-10(11)14(18)19/h2-7H,8-9H2,1H3,(H,18,19). The van der Waals surface area contributed by atoms with Gasteiger partial charge in [-0.3, -0.25) is 4.79 Å². The summed E-state index contributed by atoms with van der Waals surface area (Å²) in [6.45, 7) is 0.300. The van der Waals surface area contributed by atoms with Crippen LogP contribution in [0.3, 0.4) is 0 Å². The number of aromatic carboxylic acids is 1. The Morgan fingerprint density at radius 1 is 1.29 bits per heavy atom. The molecule has 0 amide bonds. The fraction of sp³-hybridized carbons (Fsp3) is 0.214. The minimum atomic E-state index is -1.07. The van der Waals surface area contributed by atoms with E-state index in [0.29, 0.717) is 5.88 Å². The Kier molecular flexibility index (Phi) is 4.55. The highest BCUT2D eigenvalue weighted by atomic mass is 16.5. The van der Waals surface area contributed by atoms with E-state index in [-0.39, 0.29) is 30.0 Å². The third-order valence-corrected chi connectivity index (χ3v) is 2.73. The van der Waals surface area contributed by atoms with Gasteiger partial charge in [0.1, 0.15) is 17.9 Å². The Labute approximate surface area is 120 Å². The summed E-state index contributed by atoms with van der Waals surface area (Å²) in [5, 5.41) is 13.0. The molecule has 7 heteroatoms. The maximum atomic E-state index is 11.6. The van der Waals surface area contributed by atoms with Gasteiger partial charge in [0.15, 0.2) is 0 Å². The van der Waals surface area contributed by atoms with Gasteiger partial charge in [-0.1, -0.05) is 12.1 Å². The van der Waals surface area contributed by atoms with Crippen LogP contribution in [0.25, 0.3) is 0 Å². The van der Waals surface area contributed by atoms with Gasteiger partial charge in [-0.2, -0.15) is 0 Å². The number of carbonyl (C=O) groups is 1. The molecule has 1 N–H and O–H groups in total. The van der Waals surface area contributed by atoms with Crippen molar-refractivity contribution in [1.29, 1.82) is 0 Å². The Bertz CT molecular complexity index is 696. The number of hydrogen-bond acceptors (Lipinski definition) is 5. The van der Waals surface area contributed by atoms with E-state index in [1.165, 1.54) is 30.0 Å². The molecule has 0 saturated heterocycles. The van der Waals surface area contributed by atoms with Gasteiger partial charge < -0.3 is 14.6 Å². The van der Waals surface area contributed by atoms with Crippen LogP contribution in [-0.2, 0) is 6.54 Å². The second-order valence-corrected chi connectivity index (χ2v) is 4.09. The molecule has 0 aliphatic carbocycles. The van der Waals surface area contributed by atoms with E-state index in [0.717, 1.165) is 0 Å². The van der Waals surface area contributed by atoms with Crippen LogP contribution in [0.1, 0.15) is 10.4 Å². The normalized spacial score (nSPS) is 10.1. The van der Waals surface area contributed by atoms with Crippen LogP contribution < -0.4 is 15.0 Å². The summed E-state index contributed by atoms with van der Waals surface area (Å²) in [5.74, 6) is -0.497. The lowest BCUT2D eigenvalue weighted by Crippen LogP contribution is -2.25. The molecule has 0 atom stereocenters. The zero-order valence-electron chi connectivity index (χ0n) is 11.4. The highest BCUT2D eigenvalue weighted by molar-refractivity contribution is 5.90. The van der Waals surface area contributed by atoms with E-state index in [1.54, 1.807) is 18.2 Å². The predicted octanol–water partition coefficient (Wildman–Crippen LogP) is 1.03. The molecule has 21 heavy (non-hydrogen) atoms. The van der Waals surface area contributed by atoms with E-state index in [2.05, 4.69) is 5.10 Å². The monoisotopic (exact) mass is 290 g/mol. The number of ether oxygens (including phenoxy) is 2. The molecule has 7 nitrogen and oxygen atoms in total. The van der Waals surface area contributed by atoms with Gasteiger partial charge in [0.2, 0.25) is 5.88 Å². The van der Waals surface area contributed by atoms with Gasteiger partial charge in [-0.05, 0) is 12.1 Å². The average molecular weight is 290 g/mol. The Morgan fingerprint density at radius 3 is 2.76 bits per heavy atom. The number of hydrogen-bond donors (Lipinski definition) is 1. The SMILES string of the molecule is COc1ccc(=O)n(CCOc2ccccc2C(=O)O)n1. The summed E-state index contributed by atoms with van der Waals surface area (Å²) in [6, 6.07) is 9.12. The van der Waals surface area contributed by atoms with Crippen molar-refractivity contribution in [3.8, 4) is 11.6 Å². The topological polar surface area (TPSA) is 90.7 Å². The first-order valence-corrected chi connectivity index (χ1v) is 6.19. The summed E-state index contributed by atoms with van der Waals surface area (Å²) in [7, 11) is 1.46. The lowest BCUT2D eigenvalue weighted by Gasteiger charge is -2.10. The number of carboxylic acids is 1. The number of nitrogens with zero attached hydrogens (tertiary/aromatic N) is 2. The van der Waals surface area contributed by atoms with E-state index in [9.17, 15) is 9.59 Å². The van der Waals surface area contributed by atoms with Crippen molar-refractivity contribution >= 4 is 5.97 Å². The van der Waals surface area contributed by atoms with Crippen molar-refractivity contribution in [3.05, 3.63) is 52.3 Å². The Morgan fingerprint density at radius 2 is 2.05 bits per heavy atom. The summed E-state index contributed by atoms with van der Waals surface area (Å²) in [4.78, 5) is 22.6. The van der Waals surface area contributed by atoms with Crippen LogP contribution >= 0.6 is 0 Å². The number of para-hydroxylation sites is 1. The van der Waals surface area contributed by atoms with E-state index in [1.807, 2.05) is 0 Å². The highest BCUT2D eigenvalue weighted by Gasteiger charge is 2.10. The van der Waals surface area contributed by atoms with Crippen LogP contribution in [0.15, 0.2) is 41.2 Å². The van der Waals surface area contributed by atoms with Crippen LogP contribution in [0.5, 0.6) is 11.6 Å². The third-order valence-electron chi connectivity index (χ3n) is 2.73. The van der Waals surface area contributed by atoms with Gasteiger partial charge in [0, 0.05) is 12.1 Å². The molecule has 0 aliphatic rings. The lowest BCUT2D eigenvalue weighted by molar-refractivity contribution is 0.0692. The fourth-order valence-electron chi connectivity index (χ4n) is 1.71. The molecular weight excluding hydrogens is 276 g/mol. The molecule has 0 aliphatic heterocycles. The number of benzene rings is 1. The van der Waals surface area contributed by atoms with Crippen molar-refractivity contribution < 1.29 is 19.4 Å². The van der Waals surface area contributed by atoms with Crippen LogP contribution in [0, 0.1) is 0 Å². The number of carboxylic acid groups (broad SMARTS) is 1. The first-order chi connectivity index (χ1) is 10.1. The summed E-state index contributed by atoms with van der Waals surface area (Å²) < 4.78 is 11.5. The van der Waals surface area contributed by atoms with Crippen molar-refractivity contribution in [3.63, 3.8) is 0 Å². The minimum absolute atomic E-state index is 0.0726. The average Bonchev–Trinajstić information content (AvgIpc) is 2.49. The van der Waals surface area contributed by atoms with Gasteiger partial charge in [-0.25, -0.2) is 9.48 Å². The van der Waals surface area contributed by atoms with E-state index in [4.69, 9.17) is 14.6 Å². The first-order valence-electron chi connectivity index (χ1n) is 6.19. The zero-order valence-corrected chi connectivity index (χ0v) is 11.4. The van der Waals surface area contributed by atoms with E-state index >= 15 is 0 Å². The van der Waals surface area contributed by atoms with Crippen LogP contribution in [0.4, 0.5) is 0 Å². The molecule has 1 aromatic heterocycles. The molecular formula is C14H14N2O5. The summed E-state index contributed by atoms with van der Waals surface area (Å²) >= 11 is 0. The quantitative estimate of drug-likeness (QED) is 0.854. The van der Waals surface area contributed by atoms with Gasteiger partial charge >= 0.3 is 5.97 Å². The van der Waals surface area contributed by atoms with Crippen molar-refractivity contribution in [2.75, 3.05) is 13.7 Å². The number of methoxy groups -OCH3 is 1. The van der Waals surface area contributed by atoms with Crippen LogP contribution in [0.2, 0.25) is 0 Å². The molecule has 0 saturated carbocycles. The maximum absolute atomic E-state index is 11.6. The molecule has 1 aromatic carbocycles. The lowest BCUT2D eigenvalue weighted by atomic mass is 10.2. The van der Waals surface area contributed by atoms with Crippen LogP contribution in [-0.4, -0.2) is 34.6 Å². The second kappa shape index (κ2) is 6.56. The molecule has 1 heterocycles. The van der Waals surface area contributed by atoms with Gasteiger partial charge in [0.25, 0.3) is 5.56 Å². The van der Waals surface area contributed by atoms with Crippen molar-refractivity contribution in [1.82, 2.24) is 9.78 Å². The largest absolute Gasteiger partial charge is 0.491 e. The summed E-state index contributed by atoms with van der Waals surface area (Å²) in [6.07, 6.45) is 0. The first kappa shape index (κ1) is 14.6. The third kappa shape index (κ3) is 3.59. The maximum Gasteiger partial charge on any atom is 0.339 e. The molecule has 110 valence electrons. The molecule has 2 aromatic rings. The summed E-state index contributed by atoms with van der Waals surface area (Å²) in [5.41, 5.74) is -0.214. The molecule has 0 unspecified atom stereocenters. The van der Waals surface area contributed by atoms with Crippen molar-refractivity contribution in [2.45, 2.75) is 6.54 Å². The fourth-order valence-corrected chi connectivity index (χ4v) is 1.71. The van der Waals surface area contributed by atoms with Gasteiger partial charge in [-0.15, -0.1) is 5.10 Å². The number of aromatic nitrogens is 2. The molecule has 0 fully saturated rings. The molecule has 0 radical (unpaired) electrons. The highest BCUT2D eigenvalue weighted by Crippen LogP contribution is 2.17. The Balaban J connectivity index is 2.05. The minimum Gasteiger partial charge on any atom is -0.491 e.